The zero-order valence-corrected chi connectivity index (χ0v) is 63.9. The van der Waals surface area contributed by atoms with E-state index >= 15 is 0 Å². The predicted octanol–water partition coefficient (Wildman–Crippen LogP) is 29.4. The van der Waals surface area contributed by atoms with Crippen LogP contribution in [0, 0.1) is 20.8 Å². The molecule has 0 N–H and O–H groups in total. The largest absolute Gasteiger partial charge is 0.455 e. The van der Waals surface area contributed by atoms with Crippen molar-refractivity contribution in [1.29, 1.82) is 0 Å². The van der Waals surface area contributed by atoms with Crippen molar-refractivity contribution in [2.45, 2.75) is 20.8 Å². The van der Waals surface area contributed by atoms with E-state index < -0.39 is 0 Å². The van der Waals surface area contributed by atoms with Crippen LogP contribution in [0.1, 0.15) is 16.7 Å². The second-order valence-electron chi connectivity index (χ2n) is 29.7. The molecule has 9 heteroatoms. The Morgan fingerprint density at radius 1 is 0.219 bits per heavy atom. The summed E-state index contributed by atoms with van der Waals surface area (Å²) in [6, 6.07) is 116. The lowest BCUT2D eigenvalue weighted by Crippen LogP contribution is -1.93. The standard InChI is InChI=1S/C42H28N2S.C35H22N2S.C28H16N2O/c1-25-9-7-11-27(19-25)29-17-18-39-35(21-29)36-22-30(28-12-8-10-26(2)20-28)23-37(42(36)45-39)38-24-43-40-33-15-5-3-13-31(33)32-14-4-6-16-34(32)41(40)44-38;1-21-9-6-10-22(19-21)23-15-7-16-28-29-17-8-18-30(35(29)38-34(23)28)31-20-36-32-26-13-4-2-11-24(26)25-12-3-5-14-27(25)33(32)37-31;1-3-11-20-17(8-1)18-9-2-4-12-21(18)27-26(20)29-16-24(30-27)23-14-7-13-22-19-10-5-6-15-25(19)31-28(22)23/h3-24H,1-2H3;2-20H,1H3;1-16H. The molecule has 0 spiro atoms. The van der Waals surface area contributed by atoms with Crippen LogP contribution in [0.25, 0.3) is 227 Å². The number of thiophene rings is 2. The Hall–Kier alpha value is -14.2. The van der Waals surface area contributed by atoms with Crippen LogP contribution in [0.2, 0.25) is 0 Å². The molecular formula is C105H66N6OS2. The first kappa shape index (κ1) is 66.7. The quantitative estimate of drug-likeness (QED) is 0.153. The molecular weight excluding hydrogens is 1430 g/mol. The van der Waals surface area contributed by atoms with Crippen molar-refractivity contribution in [2.24, 2.45) is 0 Å². The highest BCUT2D eigenvalue weighted by Crippen LogP contribution is 2.48. The molecule has 0 fully saturated rings. The van der Waals surface area contributed by atoms with Crippen molar-refractivity contribution in [1.82, 2.24) is 29.9 Å². The molecule has 534 valence electrons. The fourth-order valence-electron chi connectivity index (χ4n) is 17.3. The Labute approximate surface area is 663 Å². The number of aryl methyl sites for hydroxylation is 3. The van der Waals surface area contributed by atoms with Crippen LogP contribution in [-0.4, -0.2) is 29.9 Å². The Morgan fingerprint density at radius 3 is 1.07 bits per heavy atom. The second kappa shape index (κ2) is 27.1. The first-order chi connectivity index (χ1) is 56.2. The van der Waals surface area contributed by atoms with E-state index in [0.717, 1.165) is 121 Å². The minimum Gasteiger partial charge on any atom is -0.455 e. The molecule has 114 heavy (non-hydrogen) atoms. The lowest BCUT2D eigenvalue weighted by molar-refractivity contribution is 0.670. The summed E-state index contributed by atoms with van der Waals surface area (Å²) >= 11 is 3.70. The van der Waals surface area contributed by atoms with Crippen LogP contribution in [0.5, 0.6) is 0 Å². The van der Waals surface area contributed by atoms with Crippen LogP contribution in [0.15, 0.2) is 351 Å². The Balaban J connectivity index is 0.000000106. The molecule has 0 aliphatic carbocycles. The number of rotatable bonds is 6. The molecule has 6 aromatic heterocycles. The average molecular weight is 1490 g/mol. The fraction of sp³-hybridized carbons (Fsp3) is 0.0286. The van der Waals surface area contributed by atoms with Gasteiger partial charge in [-0.25, -0.2) is 15.0 Å². The van der Waals surface area contributed by atoms with Gasteiger partial charge >= 0.3 is 0 Å². The van der Waals surface area contributed by atoms with Gasteiger partial charge in [0.15, 0.2) is 0 Å². The molecule has 0 radical (unpaired) electrons. The molecule has 0 bridgehead atoms. The zero-order valence-electron chi connectivity index (χ0n) is 62.3. The molecule has 24 aromatic rings. The maximum atomic E-state index is 6.24. The third-order valence-corrected chi connectivity index (χ3v) is 25.1. The van der Waals surface area contributed by atoms with Crippen LogP contribution in [-0.2, 0) is 0 Å². The SMILES string of the molecule is Cc1cccc(-c2ccc3sc4c(-c5cnc6c7ccccc7c7ccccc7c6n5)cc(-c5cccc(C)c5)cc4c3c2)c1.Cc1cccc(-c2cccc3c2sc2c(-c4cnc5c6ccccc6c6ccccc6c5n4)cccc23)c1.c1ccc2c(c1)oc1c(-c3cnc4c5ccccc5c5ccccc5c4n3)cccc12. The van der Waals surface area contributed by atoms with E-state index in [1.165, 1.54) is 123 Å². The number of nitrogens with zero attached hydrogens (tertiary/aromatic N) is 6. The number of benzene rings is 18. The van der Waals surface area contributed by atoms with Crippen LogP contribution < -0.4 is 0 Å². The summed E-state index contributed by atoms with van der Waals surface area (Å²) in [5.41, 5.74) is 24.4. The van der Waals surface area contributed by atoms with Crippen molar-refractivity contribution >= 4 is 183 Å². The van der Waals surface area contributed by atoms with E-state index in [0.29, 0.717) is 0 Å². The van der Waals surface area contributed by atoms with E-state index in [2.05, 4.69) is 330 Å². The molecule has 18 aromatic carbocycles. The van der Waals surface area contributed by atoms with E-state index in [9.17, 15) is 0 Å². The van der Waals surface area contributed by atoms with Gasteiger partial charge in [-0.15, -0.1) is 22.7 Å². The molecule has 0 aliphatic rings. The molecule has 24 rings (SSSR count). The van der Waals surface area contributed by atoms with Gasteiger partial charge in [0.25, 0.3) is 0 Å². The summed E-state index contributed by atoms with van der Waals surface area (Å²) < 4.78 is 11.3. The third-order valence-electron chi connectivity index (χ3n) is 22.6. The minimum absolute atomic E-state index is 0.817. The van der Waals surface area contributed by atoms with Crippen LogP contribution in [0.4, 0.5) is 0 Å². The van der Waals surface area contributed by atoms with Crippen molar-refractivity contribution < 1.29 is 4.42 Å². The first-order valence-corrected chi connectivity index (χ1v) is 40.1. The van der Waals surface area contributed by atoms with Gasteiger partial charge in [0, 0.05) is 100 Å². The van der Waals surface area contributed by atoms with E-state index in [1.807, 2.05) is 59.5 Å². The highest BCUT2D eigenvalue weighted by Gasteiger charge is 2.23. The Morgan fingerprint density at radius 2 is 0.570 bits per heavy atom. The summed E-state index contributed by atoms with van der Waals surface area (Å²) in [7, 11) is 0. The molecule has 0 saturated heterocycles. The molecule has 0 atom stereocenters. The highest BCUT2D eigenvalue weighted by atomic mass is 32.1. The summed E-state index contributed by atoms with van der Waals surface area (Å²) in [4.78, 5) is 30.8. The van der Waals surface area contributed by atoms with Crippen LogP contribution >= 0.6 is 22.7 Å². The molecule has 0 aliphatic heterocycles. The van der Waals surface area contributed by atoms with Crippen molar-refractivity contribution in [3.05, 3.63) is 363 Å². The maximum absolute atomic E-state index is 6.24. The van der Waals surface area contributed by atoms with Gasteiger partial charge in [-0.1, -0.05) is 308 Å². The van der Waals surface area contributed by atoms with Gasteiger partial charge in [-0.05, 0) is 123 Å². The van der Waals surface area contributed by atoms with Gasteiger partial charge < -0.3 is 4.42 Å². The smallest absolute Gasteiger partial charge is 0.144 e. The number of fused-ring (bicyclic) bond motifs is 27. The molecule has 0 unspecified atom stereocenters. The Bertz CT molecular complexity index is 8030. The number of para-hydroxylation sites is 2. The number of furan rings is 1. The van der Waals surface area contributed by atoms with Crippen molar-refractivity contribution in [3.63, 3.8) is 0 Å². The highest BCUT2D eigenvalue weighted by molar-refractivity contribution is 7.27. The maximum Gasteiger partial charge on any atom is 0.144 e. The van der Waals surface area contributed by atoms with Gasteiger partial charge in [0.2, 0.25) is 0 Å². The zero-order chi connectivity index (χ0) is 75.6. The number of hydrogen-bond donors (Lipinski definition) is 0. The van der Waals surface area contributed by atoms with Crippen LogP contribution in [0.3, 0.4) is 0 Å². The first-order valence-electron chi connectivity index (χ1n) is 38.5. The topological polar surface area (TPSA) is 90.5 Å². The number of aromatic nitrogens is 6. The van der Waals surface area contributed by atoms with Gasteiger partial charge in [0.05, 0.1) is 68.8 Å². The summed E-state index contributed by atoms with van der Waals surface area (Å²) in [5.74, 6) is 0. The summed E-state index contributed by atoms with van der Waals surface area (Å²) in [5, 5.41) is 21.3. The predicted molar refractivity (Wildman–Crippen MR) is 484 cm³/mol. The van der Waals surface area contributed by atoms with E-state index in [-0.39, 0.29) is 0 Å². The molecule has 0 saturated carbocycles. The minimum atomic E-state index is 0.817. The van der Waals surface area contributed by atoms with E-state index in [1.54, 1.807) is 0 Å². The molecule has 0 amide bonds. The van der Waals surface area contributed by atoms with Gasteiger partial charge in [-0.2, -0.15) is 0 Å². The lowest BCUT2D eigenvalue weighted by Gasteiger charge is -2.12. The normalized spacial score (nSPS) is 11.8. The average Bonchev–Trinajstić information content (AvgIpc) is 1.44. The fourth-order valence-corrected chi connectivity index (χ4v) is 19.9. The lowest BCUT2D eigenvalue weighted by atomic mass is 9.96. The number of hydrogen-bond acceptors (Lipinski definition) is 9. The van der Waals surface area contributed by atoms with Gasteiger partial charge in [0.1, 0.15) is 11.2 Å². The van der Waals surface area contributed by atoms with Crippen molar-refractivity contribution in [2.75, 3.05) is 0 Å². The monoisotopic (exact) mass is 1490 g/mol. The van der Waals surface area contributed by atoms with E-state index in [4.69, 9.17) is 34.3 Å². The third kappa shape index (κ3) is 11.1. The second-order valence-corrected chi connectivity index (χ2v) is 31.8. The molecule has 6 heterocycles. The van der Waals surface area contributed by atoms with Gasteiger partial charge in [-0.3, -0.25) is 15.0 Å². The van der Waals surface area contributed by atoms with Crippen molar-refractivity contribution in [3.8, 4) is 67.2 Å². The Kier molecular flexibility index (Phi) is 15.8. The summed E-state index contributed by atoms with van der Waals surface area (Å²) in [6.45, 7) is 6.46. The molecule has 7 nitrogen and oxygen atoms in total. The summed E-state index contributed by atoms with van der Waals surface area (Å²) in [6.07, 6.45) is 5.79.